The van der Waals surface area contributed by atoms with Crippen molar-refractivity contribution >= 4 is 34.7 Å². The fraction of sp³-hybridized carbons (Fsp3) is 0.375. The van der Waals surface area contributed by atoms with Gasteiger partial charge in [-0.05, 0) is 60.4 Å². The van der Waals surface area contributed by atoms with Gasteiger partial charge >= 0.3 is 11.9 Å². The number of hydrogen-bond donors (Lipinski definition) is 0. The molecule has 164 valence electrons. The first-order chi connectivity index (χ1) is 15.0. The molecule has 1 aliphatic heterocycles. The maximum absolute atomic E-state index is 12.3. The smallest absolute Gasteiger partial charge is 0.331 e. The summed E-state index contributed by atoms with van der Waals surface area (Å²) in [5, 5.41) is 2.06. The number of benzene rings is 2. The summed E-state index contributed by atoms with van der Waals surface area (Å²) in [6.45, 7) is 2.73. The number of hydrogen-bond acceptors (Lipinski definition) is 6. The molecular formula is C24H27NO6. The van der Waals surface area contributed by atoms with E-state index in [0.29, 0.717) is 32.5 Å². The van der Waals surface area contributed by atoms with E-state index in [4.69, 9.17) is 14.2 Å². The number of carbonyl (C=O) groups is 3. The Labute approximate surface area is 181 Å². The molecule has 0 unspecified atom stereocenters. The number of rotatable bonds is 7. The van der Waals surface area contributed by atoms with Gasteiger partial charge in [-0.2, -0.15) is 0 Å². The molecule has 7 heteroatoms. The predicted molar refractivity (Wildman–Crippen MR) is 116 cm³/mol. The lowest BCUT2D eigenvalue weighted by atomic mass is 9.97. The van der Waals surface area contributed by atoms with Crippen LogP contribution in [0, 0.1) is 5.92 Å². The van der Waals surface area contributed by atoms with E-state index in [0.717, 1.165) is 22.1 Å². The molecule has 3 rings (SSSR count). The summed E-state index contributed by atoms with van der Waals surface area (Å²) >= 11 is 0. The number of fused-ring (bicyclic) bond motifs is 1. The summed E-state index contributed by atoms with van der Waals surface area (Å²) in [7, 11) is 1.63. The van der Waals surface area contributed by atoms with Crippen molar-refractivity contribution in [3.05, 3.63) is 48.0 Å². The van der Waals surface area contributed by atoms with Crippen LogP contribution in [-0.4, -0.2) is 56.2 Å². The van der Waals surface area contributed by atoms with Crippen LogP contribution >= 0.6 is 0 Å². The number of ether oxygens (including phenoxy) is 3. The molecule has 0 bridgehead atoms. The molecule has 0 spiro atoms. The Hall–Kier alpha value is -3.35. The third kappa shape index (κ3) is 6.07. The van der Waals surface area contributed by atoms with E-state index < -0.39 is 5.97 Å². The van der Waals surface area contributed by atoms with Crippen LogP contribution in [0.3, 0.4) is 0 Å². The Kier molecular flexibility index (Phi) is 7.65. The van der Waals surface area contributed by atoms with E-state index in [2.05, 4.69) is 0 Å². The van der Waals surface area contributed by atoms with Gasteiger partial charge in [0.05, 0.1) is 19.6 Å². The van der Waals surface area contributed by atoms with Crippen LogP contribution in [0.5, 0.6) is 5.75 Å². The maximum atomic E-state index is 12.3. The van der Waals surface area contributed by atoms with Gasteiger partial charge < -0.3 is 19.1 Å². The van der Waals surface area contributed by atoms with Crippen molar-refractivity contribution < 1.29 is 28.6 Å². The summed E-state index contributed by atoms with van der Waals surface area (Å²) in [6, 6.07) is 11.6. The summed E-state index contributed by atoms with van der Waals surface area (Å²) in [4.78, 5) is 37.7. The molecule has 7 nitrogen and oxygen atoms in total. The van der Waals surface area contributed by atoms with Gasteiger partial charge in [-0.3, -0.25) is 9.59 Å². The largest absolute Gasteiger partial charge is 0.497 e. The zero-order valence-corrected chi connectivity index (χ0v) is 17.8. The highest BCUT2D eigenvalue weighted by atomic mass is 16.5. The Morgan fingerprint density at radius 1 is 1.03 bits per heavy atom. The minimum Gasteiger partial charge on any atom is -0.497 e. The van der Waals surface area contributed by atoms with Crippen LogP contribution in [0.4, 0.5) is 0 Å². The Morgan fingerprint density at radius 3 is 2.45 bits per heavy atom. The second-order valence-corrected chi connectivity index (χ2v) is 7.32. The second-order valence-electron chi connectivity index (χ2n) is 7.32. The average molecular weight is 425 g/mol. The second kappa shape index (κ2) is 10.6. The van der Waals surface area contributed by atoms with E-state index >= 15 is 0 Å². The zero-order valence-electron chi connectivity index (χ0n) is 17.8. The van der Waals surface area contributed by atoms with Crippen LogP contribution in [-0.2, 0) is 23.9 Å². The standard InChI is InChI=1S/C24H27NO6/c1-3-30-24(28)18-10-12-25(13-11-18)22(26)16-31-23(27)9-5-17-4-6-20-15-21(29-2)8-7-19(20)14-17/h4-9,14-15,18H,3,10-13,16H2,1-2H3/b9-5+. The molecule has 31 heavy (non-hydrogen) atoms. The van der Waals surface area contributed by atoms with E-state index in [-0.39, 0.29) is 24.4 Å². The monoisotopic (exact) mass is 425 g/mol. The molecule has 2 aromatic rings. The highest BCUT2D eigenvalue weighted by Gasteiger charge is 2.28. The van der Waals surface area contributed by atoms with E-state index in [9.17, 15) is 14.4 Å². The molecule has 0 aliphatic carbocycles. The number of esters is 2. The molecule has 0 radical (unpaired) electrons. The van der Waals surface area contributed by atoms with Gasteiger partial charge in [0.2, 0.25) is 0 Å². The lowest BCUT2D eigenvalue weighted by molar-refractivity contribution is -0.153. The molecule has 1 fully saturated rings. The lowest BCUT2D eigenvalue weighted by Gasteiger charge is -2.30. The number of carbonyl (C=O) groups excluding carboxylic acids is 3. The van der Waals surface area contributed by atoms with Crippen LogP contribution in [0.15, 0.2) is 42.5 Å². The van der Waals surface area contributed by atoms with Gasteiger partial charge in [0.1, 0.15) is 5.75 Å². The van der Waals surface area contributed by atoms with Gasteiger partial charge in [-0.25, -0.2) is 4.79 Å². The minimum absolute atomic E-state index is 0.169. The quantitative estimate of drug-likeness (QED) is 0.501. The molecule has 0 aromatic heterocycles. The van der Waals surface area contributed by atoms with Crippen LogP contribution in [0.1, 0.15) is 25.3 Å². The molecule has 1 saturated heterocycles. The van der Waals surface area contributed by atoms with Gasteiger partial charge in [-0.1, -0.05) is 18.2 Å². The Morgan fingerprint density at radius 2 is 1.74 bits per heavy atom. The number of amides is 1. The zero-order chi connectivity index (χ0) is 22.2. The molecule has 0 saturated carbocycles. The topological polar surface area (TPSA) is 82.1 Å². The van der Waals surface area contributed by atoms with E-state index in [1.54, 1.807) is 25.0 Å². The predicted octanol–water partition coefficient (Wildman–Crippen LogP) is 3.21. The molecule has 1 heterocycles. The molecular weight excluding hydrogens is 398 g/mol. The van der Waals surface area contributed by atoms with Gasteiger partial charge in [0.15, 0.2) is 6.61 Å². The van der Waals surface area contributed by atoms with Crippen molar-refractivity contribution in [3.63, 3.8) is 0 Å². The van der Waals surface area contributed by atoms with Gasteiger partial charge in [0, 0.05) is 19.2 Å². The van der Waals surface area contributed by atoms with Crippen molar-refractivity contribution in [1.82, 2.24) is 4.90 Å². The average Bonchev–Trinajstić information content (AvgIpc) is 2.80. The summed E-state index contributed by atoms with van der Waals surface area (Å²) in [5.41, 5.74) is 0.849. The van der Waals surface area contributed by atoms with Gasteiger partial charge in [0.25, 0.3) is 5.91 Å². The molecule has 1 amide bonds. The lowest BCUT2D eigenvalue weighted by Crippen LogP contribution is -2.42. The Bertz CT molecular complexity index is 975. The first-order valence-electron chi connectivity index (χ1n) is 10.4. The van der Waals surface area contributed by atoms with E-state index in [1.807, 2.05) is 36.4 Å². The van der Waals surface area contributed by atoms with Crippen molar-refractivity contribution in [1.29, 1.82) is 0 Å². The molecule has 0 N–H and O–H groups in total. The maximum Gasteiger partial charge on any atom is 0.331 e. The number of nitrogens with zero attached hydrogens (tertiary/aromatic N) is 1. The third-order valence-electron chi connectivity index (χ3n) is 5.29. The van der Waals surface area contributed by atoms with Crippen LogP contribution in [0.2, 0.25) is 0 Å². The molecule has 0 atom stereocenters. The fourth-order valence-electron chi connectivity index (χ4n) is 3.53. The Balaban J connectivity index is 1.46. The number of likely N-dealkylation sites (tertiary alicyclic amines) is 1. The normalized spacial score (nSPS) is 14.6. The van der Waals surface area contributed by atoms with Crippen molar-refractivity contribution in [2.75, 3.05) is 33.4 Å². The SMILES string of the molecule is CCOC(=O)C1CCN(C(=O)COC(=O)/C=C/c2ccc3cc(OC)ccc3c2)CC1. The third-order valence-corrected chi connectivity index (χ3v) is 5.29. The van der Waals surface area contributed by atoms with Crippen molar-refractivity contribution in [2.24, 2.45) is 5.92 Å². The van der Waals surface area contributed by atoms with Crippen molar-refractivity contribution in [3.8, 4) is 5.75 Å². The number of piperidine rings is 1. The highest BCUT2D eigenvalue weighted by Crippen LogP contribution is 2.22. The molecule has 1 aliphatic rings. The molecule has 2 aromatic carbocycles. The summed E-state index contributed by atoms with van der Waals surface area (Å²) in [5.74, 6) is -0.432. The summed E-state index contributed by atoms with van der Waals surface area (Å²) in [6.07, 6.45) is 4.09. The highest BCUT2D eigenvalue weighted by molar-refractivity contribution is 5.91. The summed E-state index contributed by atoms with van der Waals surface area (Å²) < 4.78 is 15.3. The fourth-order valence-corrected chi connectivity index (χ4v) is 3.53. The van der Waals surface area contributed by atoms with Crippen LogP contribution in [0.25, 0.3) is 16.8 Å². The van der Waals surface area contributed by atoms with E-state index in [1.165, 1.54) is 6.08 Å². The van der Waals surface area contributed by atoms with Gasteiger partial charge in [-0.15, -0.1) is 0 Å². The minimum atomic E-state index is -0.579. The van der Waals surface area contributed by atoms with Crippen molar-refractivity contribution in [2.45, 2.75) is 19.8 Å². The first-order valence-corrected chi connectivity index (χ1v) is 10.4. The first kappa shape index (κ1) is 22.3. The van der Waals surface area contributed by atoms with Crippen LogP contribution < -0.4 is 4.74 Å². The number of methoxy groups -OCH3 is 1.